The second kappa shape index (κ2) is 14.5. The summed E-state index contributed by atoms with van der Waals surface area (Å²) in [4.78, 5) is 0. The lowest BCUT2D eigenvalue weighted by atomic mass is 9.60. The van der Waals surface area contributed by atoms with Gasteiger partial charge in [0, 0.05) is 49.4 Å². The van der Waals surface area contributed by atoms with Crippen LogP contribution in [0.4, 0.5) is 0 Å². The van der Waals surface area contributed by atoms with E-state index in [0.717, 1.165) is 66.8 Å². The molecular weight excluding hydrogens is 841 g/mol. The van der Waals surface area contributed by atoms with Gasteiger partial charge in [-0.15, -0.1) is 0 Å². The topological polar surface area (TPSA) is 121 Å². The number of fused-ring (bicyclic) bond motifs is 8. The monoisotopic (exact) mass is 892 g/mol. The van der Waals surface area contributed by atoms with E-state index >= 15 is 0 Å². The van der Waals surface area contributed by atoms with E-state index in [4.69, 9.17) is 0 Å². The summed E-state index contributed by atoms with van der Waals surface area (Å²) in [6.07, 6.45) is 1.17. The molecule has 6 nitrogen and oxygen atoms in total. The van der Waals surface area contributed by atoms with Gasteiger partial charge in [0.1, 0.15) is 34.5 Å². The van der Waals surface area contributed by atoms with Crippen molar-refractivity contribution in [3.05, 3.63) is 244 Å². The molecule has 0 aliphatic heterocycles. The Bertz CT molecular complexity index is 3120. The van der Waals surface area contributed by atoms with Gasteiger partial charge in [0.15, 0.2) is 0 Å². The Kier molecular flexibility index (Phi) is 8.72. The van der Waals surface area contributed by atoms with Gasteiger partial charge >= 0.3 is 0 Å². The maximum atomic E-state index is 12.3. The van der Waals surface area contributed by atoms with Crippen molar-refractivity contribution in [3.8, 4) is 34.5 Å². The molecule has 7 aliphatic rings. The summed E-state index contributed by atoms with van der Waals surface area (Å²) >= 11 is 0. The molecule has 0 saturated heterocycles. The van der Waals surface area contributed by atoms with Crippen molar-refractivity contribution in [2.75, 3.05) is 0 Å². The van der Waals surface area contributed by atoms with Gasteiger partial charge in [0.05, 0.1) is 0 Å². The zero-order chi connectivity index (χ0) is 46.6. The number of phenols is 6. The van der Waals surface area contributed by atoms with Gasteiger partial charge < -0.3 is 30.6 Å². The van der Waals surface area contributed by atoms with Crippen molar-refractivity contribution < 1.29 is 30.6 Å². The highest BCUT2D eigenvalue weighted by Gasteiger charge is 2.44. The van der Waals surface area contributed by atoms with Crippen LogP contribution in [0.1, 0.15) is 186 Å². The predicted octanol–water partition coefficient (Wildman–Crippen LogP) is 12.8. The molecule has 8 aromatic carbocycles. The normalized spacial score (nSPS) is 18.7. The lowest BCUT2D eigenvalue weighted by Gasteiger charge is -2.43. The number of hydrogen-bond donors (Lipinski definition) is 6. The Hall–Kier alpha value is -7.44. The van der Waals surface area contributed by atoms with Crippen LogP contribution in [0.3, 0.4) is 0 Å². The van der Waals surface area contributed by atoms with E-state index in [1.165, 1.54) is 11.1 Å². The Morgan fingerprint density at radius 3 is 0.735 bits per heavy atom. The van der Waals surface area contributed by atoms with Crippen molar-refractivity contribution >= 4 is 0 Å². The molecule has 0 radical (unpaired) electrons. The van der Waals surface area contributed by atoms with Gasteiger partial charge in [0.25, 0.3) is 0 Å². The smallest absolute Gasteiger partial charge is 0.122 e. The van der Waals surface area contributed by atoms with Gasteiger partial charge in [-0.1, -0.05) is 125 Å². The summed E-state index contributed by atoms with van der Waals surface area (Å²) in [5.74, 6) is 0.458. The van der Waals surface area contributed by atoms with E-state index in [0.29, 0.717) is 70.2 Å². The first-order valence-corrected chi connectivity index (χ1v) is 24.1. The Morgan fingerprint density at radius 2 is 0.515 bits per heavy atom. The molecule has 6 N–H and O–H groups in total. The quantitative estimate of drug-likeness (QED) is 0.103. The van der Waals surface area contributed by atoms with E-state index in [-0.39, 0.29) is 70.0 Å². The summed E-state index contributed by atoms with van der Waals surface area (Å²) in [6.45, 7) is 8.56. The maximum Gasteiger partial charge on any atom is 0.122 e. The first-order valence-electron chi connectivity index (χ1n) is 24.1. The molecule has 7 aliphatic carbocycles. The third kappa shape index (κ3) is 5.82. The Balaban J connectivity index is 1.05. The van der Waals surface area contributed by atoms with Crippen molar-refractivity contribution in [1.29, 1.82) is 0 Å². The van der Waals surface area contributed by atoms with Crippen LogP contribution in [0.2, 0.25) is 0 Å². The second-order valence-electron chi connectivity index (χ2n) is 20.8. The van der Waals surface area contributed by atoms with Crippen molar-refractivity contribution in [2.45, 2.75) is 88.9 Å². The molecular formula is C62H52O6. The highest BCUT2D eigenvalue weighted by Crippen LogP contribution is 2.60. The minimum atomic E-state index is -0.211. The zero-order valence-corrected chi connectivity index (χ0v) is 38.5. The fraction of sp³-hybridized carbons (Fsp3) is 0.226. The summed E-state index contributed by atoms with van der Waals surface area (Å²) < 4.78 is 0. The van der Waals surface area contributed by atoms with Crippen molar-refractivity contribution in [1.82, 2.24) is 0 Å². The molecule has 336 valence electrons. The maximum absolute atomic E-state index is 12.3. The van der Waals surface area contributed by atoms with Crippen LogP contribution in [-0.2, 0) is 25.7 Å². The van der Waals surface area contributed by atoms with Crippen molar-refractivity contribution in [3.63, 3.8) is 0 Å². The minimum Gasteiger partial charge on any atom is -0.508 e. The second-order valence-corrected chi connectivity index (χ2v) is 20.8. The molecule has 8 aromatic rings. The molecule has 15 rings (SSSR count). The molecule has 0 fully saturated rings. The van der Waals surface area contributed by atoms with Crippen LogP contribution < -0.4 is 0 Å². The highest BCUT2D eigenvalue weighted by atomic mass is 16.3. The molecule has 0 aromatic heterocycles. The molecule has 0 heterocycles. The minimum absolute atomic E-state index is 0.151. The van der Waals surface area contributed by atoms with Gasteiger partial charge in [-0.05, 0) is 158 Å². The van der Waals surface area contributed by atoms with E-state index < -0.39 is 0 Å². The third-order valence-electron chi connectivity index (χ3n) is 16.3. The van der Waals surface area contributed by atoms with Crippen LogP contribution in [-0.4, -0.2) is 30.6 Å². The standard InChI is InChI=1S/C62H52O6/c1-29(2)31-13-37-17-33-21-45-49(25-53(33)63)59-43-11-7-5-9-41(43)57(45)47-23-35(55(65)27-51(47)59)19-39-15-32(30(3)4)16-40(62(39)68)20-36-24-48-52(28-56(36)66)60-44-12-8-6-10-42(44)58(48)46-22-34(54(64)26-50(46)60)18-38(14-31)61(37)67/h5-16,21-30,57-60,63-68H,17-20H2,1-4H3. The highest BCUT2D eigenvalue weighted by molar-refractivity contribution is 5.73. The number of hydrogen-bond acceptors (Lipinski definition) is 6. The molecule has 0 saturated carbocycles. The SMILES string of the molecule is CC(C)c1cc2c(O)c(c1)Cc1cc3c(cc1O)C1c4ccccc4C3c3cc(c(O)cc31)Cc1cc(C(C)C)cc(c1O)Cc1cc3c(cc1O)C1c4ccccc4C3c3cc(c(O)cc31)C2. The van der Waals surface area contributed by atoms with Gasteiger partial charge in [-0.3, -0.25) is 0 Å². The summed E-state index contributed by atoms with van der Waals surface area (Å²) in [5.41, 5.74) is 20.8. The van der Waals surface area contributed by atoms with E-state index in [1.54, 1.807) is 0 Å². The number of phenolic OH excluding ortho intramolecular Hbond substituents is 6. The zero-order valence-electron chi connectivity index (χ0n) is 38.5. The lowest BCUT2D eigenvalue weighted by molar-refractivity contribution is 0.455. The first-order chi connectivity index (χ1) is 32.8. The van der Waals surface area contributed by atoms with Crippen LogP contribution in [0, 0.1) is 0 Å². The molecule has 0 unspecified atom stereocenters. The Labute approximate surface area is 396 Å². The van der Waals surface area contributed by atoms with Crippen LogP contribution in [0.15, 0.2) is 121 Å². The van der Waals surface area contributed by atoms with E-state index in [2.05, 4.69) is 113 Å². The largest absolute Gasteiger partial charge is 0.508 e. The van der Waals surface area contributed by atoms with Gasteiger partial charge in [-0.25, -0.2) is 0 Å². The fourth-order valence-electron chi connectivity index (χ4n) is 12.9. The number of aromatic hydroxyl groups is 6. The van der Waals surface area contributed by atoms with Crippen molar-refractivity contribution in [2.24, 2.45) is 0 Å². The van der Waals surface area contributed by atoms with Gasteiger partial charge in [-0.2, -0.15) is 0 Å². The Morgan fingerprint density at radius 1 is 0.294 bits per heavy atom. The van der Waals surface area contributed by atoms with Crippen LogP contribution in [0.5, 0.6) is 34.5 Å². The molecule has 0 amide bonds. The molecule has 16 bridgehead atoms. The summed E-state index contributed by atoms with van der Waals surface area (Å²) in [5, 5.41) is 72.4. The predicted molar refractivity (Wildman–Crippen MR) is 265 cm³/mol. The summed E-state index contributed by atoms with van der Waals surface area (Å²) in [7, 11) is 0. The van der Waals surface area contributed by atoms with E-state index in [1.807, 2.05) is 36.4 Å². The molecule has 0 spiro atoms. The van der Waals surface area contributed by atoms with Gasteiger partial charge in [0.2, 0.25) is 0 Å². The molecule has 68 heavy (non-hydrogen) atoms. The van der Waals surface area contributed by atoms with Crippen LogP contribution >= 0.6 is 0 Å². The summed E-state index contributed by atoms with van der Waals surface area (Å²) in [6, 6.07) is 41.2. The first kappa shape index (κ1) is 40.8. The average molecular weight is 893 g/mol. The molecule has 6 heteroatoms. The average Bonchev–Trinajstić information content (AvgIpc) is 3.31. The number of benzene rings is 8. The third-order valence-corrected chi connectivity index (χ3v) is 16.3. The fourth-order valence-corrected chi connectivity index (χ4v) is 12.9. The molecule has 0 atom stereocenters. The lowest BCUT2D eigenvalue weighted by Crippen LogP contribution is -2.28. The number of rotatable bonds is 2. The van der Waals surface area contributed by atoms with E-state index in [9.17, 15) is 30.6 Å². The van der Waals surface area contributed by atoms with Crippen LogP contribution in [0.25, 0.3) is 0 Å².